The summed E-state index contributed by atoms with van der Waals surface area (Å²) in [6, 6.07) is 0.910. The minimum Gasteiger partial charge on any atom is -0.390 e. The second kappa shape index (κ2) is 6.32. The van der Waals surface area contributed by atoms with Crippen molar-refractivity contribution in [1.29, 1.82) is 0 Å². The van der Waals surface area contributed by atoms with E-state index in [4.69, 9.17) is 9.73 Å². The lowest BCUT2D eigenvalue weighted by Crippen LogP contribution is -2.64. The van der Waals surface area contributed by atoms with Crippen molar-refractivity contribution >= 4 is 5.71 Å². The van der Waals surface area contributed by atoms with Crippen molar-refractivity contribution in [3.8, 4) is 0 Å². The normalized spacial score (nSPS) is 47.1. The molecule has 2 heterocycles. The Morgan fingerprint density at radius 3 is 2.65 bits per heavy atom. The predicted molar refractivity (Wildman–Crippen MR) is 102 cm³/mol. The molecule has 1 saturated heterocycles. The van der Waals surface area contributed by atoms with E-state index in [0.717, 1.165) is 44.8 Å². The van der Waals surface area contributed by atoms with Crippen molar-refractivity contribution in [2.75, 3.05) is 13.2 Å². The molecule has 6 aliphatic rings. The molecule has 4 saturated carbocycles. The summed E-state index contributed by atoms with van der Waals surface area (Å²) >= 11 is 0. The average molecular weight is 360 g/mol. The van der Waals surface area contributed by atoms with E-state index in [1.165, 1.54) is 18.6 Å². The number of hydrogen-bond acceptors (Lipinski definition) is 5. The minimum atomic E-state index is -0.374. The summed E-state index contributed by atoms with van der Waals surface area (Å²) in [6.07, 6.45) is 11.2. The Labute approximate surface area is 156 Å². The molecule has 2 N–H and O–H groups in total. The fourth-order valence-corrected chi connectivity index (χ4v) is 6.54. The topological polar surface area (TPSA) is 57.1 Å². The molecule has 144 valence electrons. The first kappa shape index (κ1) is 17.2. The molecule has 0 aromatic heterocycles. The van der Waals surface area contributed by atoms with Gasteiger partial charge in [0.2, 0.25) is 0 Å². The molecule has 0 spiro atoms. The van der Waals surface area contributed by atoms with Gasteiger partial charge < -0.3 is 14.7 Å². The van der Waals surface area contributed by atoms with Gasteiger partial charge in [0, 0.05) is 30.6 Å². The summed E-state index contributed by atoms with van der Waals surface area (Å²) in [5, 5.41) is 14.7. The van der Waals surface area contributed by atoms with Crippen LogP contribution in [-0.4, -0.2) is 52.9 Å². The van der Waals surface area contributed by atoms with Gasteiger partial charge in [-0.3, -0.25) is 5.32 Å². The quantitative estimate of drug-likeness (QED) is 0.810. The first-order valence-electron chi connectivity index (χ1n) is 10.6. The van der Waals surface area contributed by atoms with Crippen molar-refractivity contribution in [3.63, 3.8) is 0 Å². The van der Waals surface area contributed by atoms with E-state index in [0.29, 0.717) is 29.8 Å². The maximum Gasteiger partial charge on any atom is 0.176 e. The molecule has 0 aromatic carbocycles. The van der Waals surface area contributed by atoms with Crippen LogP contribution < -0.4 is 5.32 Å². The van der Waals surface area contributed by atoms with Crippen molar-refractivity contribution < 1.29 is 9.84 Å². The number of nitrogens with zero attached hydrogens (tertiary/aromatic N) is 2. The van der Waals surface area contributed by atoms with E-state index < -0.39 is 0 Å². The summed E-state index contributed by atoms with van der Waals surface area (Å²) < 4.78 is 5.58. The standard InChI is InChI=1S/C21H33N3O2/c1-13(2)18-3-5-24(20(23-18)22-17-4-6-26-12-17)19-15-7-14-8-16(19)11-21(25,9-14)10-15/h3,5,13-17,19-20,22,25H,4,6-12H2,1-2H3/t14?,15?,16?,17-,19?,20?,21?/m0/s1. The van der Waals surface area contributed by atoms with Gasteiger partial charge in [0.05, 0.1) is 12.2 Å². The molecule has 6 rings (SSSR count). The van der Waals surface area contributed by atoms with Crippen molar-refractivity contribution in [2.45, 2.75) is 76.3 Å². The second-order valence-electron chi connectivity index (χ2n) is 9.76. The monoisotopic (exact) mass is 359 g/mol. The first-order chi connectivity index (χ1) is 12.5. The number of ether oxygens (including phenoxy) is 1. The third-order valence-corrected chi connectivity index (χ3v) is 7.41. The zero-order valence-corrected chi connectivity index (χ0v) is 16.1. The van der Waals surface area contributed by atoms with Crippen LogP contribution in [0.25, 0.3) is 0 Å². The average Bonchev–Trinajstić information content (AvgIpc) is 3.07. The molecule has 3 unspecified atom stereocenters. The van der Waals surface area contributed by atoms with Gasteiger partial charge in [0.25, 0.3) is 0 Å². The van der Waals surface area contributed by atoms with Crippen molar-refractivity contribution in [2.24, 2.45) is 28.7 Å². The van der Waals surface area contributed by atoms with Crippen LogP contribution in [0.1, 0.15) is 52.4 Å². The SMILES string of the molecule is CC(C)C1=NC(N[C@H]2CCOC2)N(C2C3CC4CC2CC(O)(C4)C3)C=C1. The number of nitrogens with one attached hydrogen (secondary N) is 1. The number of aliphatic hydroxyl groups is 1. The molecule has 4 aliphatic carbocycles. The van der Waals surface area contributed by atoms with Gasteiger partial charge in [-0.2, -0.15) is 0 Å². The molecule has 5 nitrogen and oxygen atoms in total. The fraction of sp³-hybridized carbons (Fsp3) is 0.857. The largest absolute Gasteiger partial charge is 0.390 e. The molecule has 0 radical (unpaired) electrons. The smallest absolute Gasteiger partial charge is 0.176 e. The van der Waals surface area contributed by atoms with Crippen molar-refractivity contribution in [1.82, 2.24) is 10.2 Å². The van der Waals surface area contributed by atoms with E-state index >= 15 is 0 Å². The maximum atomic E-state index is 10.9. The predicted octanol–water partition coefficient (Wildman–Crippen LogP) is 2.51. The molecule has 0 aromatic rings. The number of allylic oxidation sites excluding steroid dienone is 1. The van der Waals surface area contributed by atoms with E-state index in [9.17, 15) is 5.11 Å². The molecular formula is C21H33N3O2. The maximum absolute atomic E-state index is 10.9. The Kier molecular flexibility index (Phi) is 4.18. The molecule has 26 heavy (non-hydrogen) atoms. The number of aliphatic imine (C=N–C) groups is 1. The van der Waals surface area contributed by atoms with Gasteiger partial charge in [-0.25, -0.2) is 4.99 Å². The molecule has 0 amide bonds. The highest BCUT2D eigenvalue weighted by Gasteiger charge is 2.56. The van der Waals surface area contributed by atoms with Gasteiger partial charge >= 0.3 is 0 Å². The lowest BCUT2D eigenvalue weighted by atomic mass is 9.52. The Bertz CT molecular complexity index is 594. The Morgan fingerprint density at radius 2 is 2.04 bits per heavy atom. The van der Waals surface area contributed by atoms with Gasteiger partial charge in [0.15, 0.2) is 6.29 Å². The lowest BCUT2D eigenvalue weighted by molar-refractivity contribution is -0.159. The van der Waals surface area contributed by atoms with Gasteiger partial charge in [-0.05, 0) is 68.3 Å². The molecule has 5 heteroatoms. The van der Waals surface area contributed by atoms with Gasteiger partial charge in [-0.1, -0.05) is 13.8 Å². The Hall–Kier alpha value is -0.910. The highest BCUT2D eigenvalue weighted by Crippen LogP contribution is 2.57. The number of hydrogen-bond donors (Lipinski definition) is 2. The lowest BCUT2D eigenvalue weighted by Gasteiger charge is -2.61. The summed E-state index contributed by atoms with van der Waals surface area (Å²) in [4.78, 5) is 7.60. The van der Waals surface area contributed by atoms with Crippen LogP contribution in [-0.2, 0) is 4.74 Å². The van der Waals surface area contributed by atoms with Crippen LogP contribution in [0.3, 0.4) is 0 Å². The third kappa shape index (κ3) is 2.92. The van der Waals surface area contributed by atoms with E-state index in [2.05, 4.69) is 36.3 Å². The molecule has 2 aliphatic heterocycles. The second-order valence-corrected chi connectivity index (χ2v) is 9.76. The van der Waals surface area contributed by atoms with Crippen LogP contribution in [0.4, 0.5) is 0 Å². The zero-order valence-electron chi connectivity index (χ0n) is 16.1. The van der Waals surface area contributed by atoms with Crippen molar-refractivity contribution in [3.05, 3.63) is 12.3 Å². The minimum absolute atomic E-state index is 0.0151. The summed E-state index contributed by atoms with van der Waals surface area (Å²) in [5.74, 6) is 2.40. The third-order valence-electron chi connectivity index (χ3n) is 7.41. The first-order valence-corrected chi connectivity index (χ1v) is 10.6. The molecular weight excluding hydrogens is 326 g/mol. The van der Waals surface area contributed by atoms with Crippen LogP contribution in [0.5, 0.6) is 0 Å². The summed E-state index contributed by atoms with van der Waals surface area (Å²) in [7, 11) is 0. The van der Waals surface area contributed by atoms with Crippen LogP contribution in [0.15, 0.2) is 17.3 Å². The Morgan fingerprint density at radius 1 is 1.27 bits per heavy atom. The van der Waals surface area contributed by atoms with E-state index in [-0.39, 0.29) is 11.9 Å². The van der Waals surface area contributed by atoms with E-state index in [1.54, 1.807) is 0 Å². The highest BCUT2D eigenvalue weighted by molar-refractivity contribution is 5.96. The van der Waals surface area contributed by atoms with Crippen LogP contribution in [0.2, 0.25) is 0 Å². The molecule has 4 atom stereocenters. The van der Waals surface area contributed by atoms with E-state index in [1.807, 2.05) is 0 Å². The van der Waals surface area contributed by atoms with Crippen LogP contribution in [0, 0.1) is 23.7 Å². The molecule has 5 fully saturated rings. The summed E-state index contributed by atoms with van der Waals surface area (Å²) in [5.41, 5.74) is 0.807. The Balaban J connectivity index is 1.40. The highest BCUT2D eigenvalue weighted by atomic mass is 16.5. The van der Waals surface area contributed by atoms with Crippen LogP contribution >= 0.6 is 0 Å². The fourth-order valence-electron chi connectivity index (χ4n) is 6.54. The van der Waals surface area contributed by atoms with Gasteiger partial charge in [0.1, 0.15) is 0 Å². The zero-order chi connectivity index (χ0) is 17.9. The van der Waals surface area contributed by atoms with Gasteiger partial charge in [-0.15, -0.1) is 0 Å². The number of rotatable bonds is 4. The molecule has 4 bridgehead atoms. The summed E-state index contributed by atoms with van der Waals surface area (Å²) in [6.45, 7) is 6.07.